The van der Waals surface area contributed by atoms with Crippen molar-refractivity contribution in [1.29, 1.82) is 0 Å². The van der Waals surface area contributed by atoms with Gasteiger partial charge < -0.3 is 4.74 Å². The zero-order valence-corrected chi connectivity index (χ0v) is 12.8. The SMILES string of the molecule is Fc1cc(Br)cc(F)c1C(F)(F)Oc1ccc(Br)cc1. The maximum absolute atomic E-state index is 13.9. The van der Waals surface area contributed by atoms with E-state index in [4.69, 9.17) is 0 Å². The average molecular weight is 414 g/mol. The van der Waals surface area contributed by atoms with Gasteiger partial charge in [0.1, 0.15) is 22.9 Å². The molecule has 7 heteroatoms. The zero-order chi connectivity index (χ0) is 14.9. The number of ether oxygens (including phenoxy) is 1. The molecular weight excluding hydrogens is 408 g/mol. The normalized spacial score (nSPS) is 11.5. The van der Waals surface area contributed by atoms with Crippen molar-refractivity contribution in [2.45, 2.75) is 6.11 Å². The minimum absolute atomic E-state index is 0.0238. The molecule has 0 N–H and O–H groups in total. The molecule has 0 spiro atoms. The fraction of sp³-hybridized carbons (Fsp3) is 0.0769. The molecule has 0 fully saturated rings. The van der Waals surface area contributed by atoms with Crippen LogP contribution in [-0.4, -0.2) is 0 Å². The van der Waals surface area contributed by atoms with Crippen molar-refractivity contribution in [3.63, 3.8) is 0 Å². The fourth-order valence-electron chi connectivity index (χ4n) is 1.52. The Kier molecular flexibility index (Phi) is 4.39. The fourth-order valence-corrected chi connectivity index (χ4v) is 2.19. The van der Waals surface area contributed by atoms with Crippen molar-refractivity contribution < 1.29 is 22.3 Å². The van der Waals surface area contributed by atoms with Crippen molar-refractivity contribution in [3.8, 4) is 5.75 Å². The Labute approximate surface area is 128 Å². The molecule has 0 bridgehead atoms. The summed E-state index contributed by atoms with van der Waals surface area (Å²) in [6.07, 6.45) is -4.12. The monoisotopic (exact) mass is 412 g/mol. The van der Waals surface area contributed by atoms with Crippen LogP contribution in [0.5, 0.6) is 5.75 Å². The molecule has 0 unspecified atom stereocenters. The van der Waals surface area contributed by atoms with E-state index in [1.54, 1.807) is 0 Å². The van der Waals surface area contributed by atoms with Crippen LogP contribution in [0.15, 0.2) is 45.3 Å². The Morgan fingerprint density at radius 2 is 1.35 bits per heavy atom. The molecule has 0 atom stereocenters. The van der Waals surface area contributed by atoms with Gasteiger partial charge in [-0.2, -0.15) is 8.78 Å². The maximum Gasteiger partial charge on any atom is 0.432 e. The average Bonchev–Trinajstić information content (AvgIpc) is 2.30. The standard InChI is InChI=1S/C13H6Br2F4O/c14-7-1-3-9(4-2-7)20-13(18,19)12-10(16)5-8(15)6-11(12)17/h1-6H. The molecule has 0 aromatic heterocycles. The highest BCUT2D eigenvalue weighted by atomic mass is 79.9. The first-order chi connectivity index (χ1) is 9.29. The summed E-state index contributed by atoms with van der Waals surface area (Å²) < 4.78 is 59.9. The van der Waals surface area contributed by atoms with E-state index in [9.17, 15) is 17.6 Å². The van der Waals surface area contributed by atoms with Gasteiger partial charge in [-0.1, -0.05) is 31.9 Å². The molecule has 1 nitrogen and oxygen atoms in total. The lowest BCUT2D eigenvalue weighted by Crippen LogP contribution is -2.25. The summed E-state index contributed by atoms with van der Waals surface area (Å²) in [6, 6.07) is 6.95. The molecule has 106 valence electrons. The molecule has 0 saturated carbocycles. The van der Waals surface area contributed by atoms with Crippen LogP contribution in [0.4, 0.5) is 17.6 Å². The number of hydrogen-bond acceptors (Lipinski definition) is 1. The molecule has 0 aliphatic carbocycles. The molecule has 0 aliphatic rings. The van der Waals surface area contributed by atoms with E-state index in [2.05, 4.69) is 36.6 Å². The van der Waals surface area contributed by atoms with Crippen molar-refractivity contribution in [2.24, 2.45) is 0 Å². The van der Waals surface area contributed by atoms with E-state index in [-0.39, 0.29) is 10.2 Å². The second-order valence-corrected chi connectivity index (χ2v) is 5.65. The zero-order valence-electron chi connectivity index (χ0n) is 9.64. The van der Waals surface area contributed by atoms with Gasteiger partial charge in [0.25, 0.3) is 0 Å². The van der Waals surface area contributed by atoms with Gasteiger partial charge in [-0.3, -0.25) is 0 Å². The van der Waals surface area contributed by atoms with Crippen LogP contribution in [-0.2, 0) is 6.11 Å². The van der Waals surface area contributed by atoms with Gasteiger partial charge in [0.15, 0.2) is 0 Å². The van der Waals surface area contributed by atoms with Crippen LogP contribution in [0.25, 0.3) is 0 Å². The summed E-state index contributed by atoms with van der Waals surface area (Å²) in [6.45, 7) is 0. The Hall–Kier alpha value is -1.08. The number of rotatable bonds is 3. The Balaban J connectivity index is 2.37. The van der Waals surface area contributed by atoms with E-state index in [1.165, 1.54) is 24.3 Å². The van der Waals surface area contributed by atoms with Gasteiger partial charge in [-0.25, -0.2) is 8.78 Å². The van der Waals surface area contributed by atoms with E-state index < -0.39 is 23.3 Å². The topological polar surface area (TPSA) is 9.23 Å². The van der Waals surface area contributed by atoms with Crippen molar-refractivity contribution in [3.05, 3.63) is 62.5 Å². The van der Waals surface area contributed by atoms with E-state index in [0.717, 1.165) is 12.1 Å². The van der Waals surface area contributed by atoms with Crippen molar-refractivity contribution in [2.75, 3.05) is 0 Å². The maximum atomic E-state index is 13.9. The highest BCUT2D eigenvalue weighted by Crippen LogP contribution is 2.36. The summed E-state index contributed by atoms with van der Waals surface area (Å²) in [4.78, 5) is 0. The van der Waals surface area contributed by atoms with E-state index >= 15 is 0 Å². The molecule has 2 aromatic carbocycles. The van der Waals surface area contributed by atoms with Gasteiger partial charge in [0.2, 0.25) is 0 Å². The van der Waals surface area contributed by atoms with Crippen LogP contribution >= 0.6 is 31.9 Å². The number of hydrogen-bond donors (Lipinski definition) is 0. The lowest BCUT2D eigenvalue weighted by atomic mass is 10.2. The molecule has 0 amide bonds. The van der Waals surface area contributed by atoms with Crippen LogP contribution < -0.4 is 4.74 Å². The van der Waals surface area contributed by atoms with Gasteiger partial charge in [0, 0.05) is 8.95 Å². The molecule has 0 aliphatic heterocycles. The van der Waals surface area contributed by atoms with Gasteiger partial charge in [-0.05, 0) is 36.4 Å². The molecule has 0 saturated heterocycles. The summed E-state index contributed by atoms with van der Waals surface area (Å²) in [5.74, 6) is -2.99. The van der Waals surface area contributed by atoms with Gasteiger partial charge in [-0.15, -0.1) is 0 Å². The Morgan fingerprint density at radius 3 is 1.85 bits per heavy atom. The quantitative estimate of drug-likeness (QED) is 0.593. The summed E-state index contributed by atoms with van der Waals surface area (Å²) >= 11 is 5.95. The summed E-state index contributed by atoms with van der Waals surface area (Å²) in [5, 5.41) is 0. The van der Waals surface area contributed by atoms with Crippen LogP contribution in [0.3, 0.4) is 0 Å². The first kappa shape index (κ1) is 15.3. The van der Waals surface area contributed by atoms with E-state index in [1.807, 2.05) is 0 Å². The molecule has 0 heterocycles. The van der Waals surface area contributed by atoms with Crippen LogP contribution in [0.2, 0.25) is 0 Å². The van der Waals surface area contributed by atoms with Crippen LogP contribution in [0, 0.1) is 11.6 Å². The second kappa shape index (κ2) is 5.73. The molecule has 0 radical (unpaired) electrons. The van der Waals surface area contributed by atoms with Crippen molar-refractivity contribution >= 4 is 31.9 Å². The summed E-state index contributed by atoms with van der Waals surface area (Å²) in [5.41, 5.74) is -1.43. The first-order valence-electron chi connectivity index (χ1n) is 5.27. The van der Waals surface area contributed by atoms with Crippen LogP contribution in [0.1, 0.15) is 5.56 Å². The predicted octanol–water partition coefficient (Wildman–Crippen LogP) is 5.62. The lowest BCUT2D eigenvalue weighted by Gasteiger charge is -2.19. The highest BCUT2D eigenvalue weighted by Gasteiger charge is 2.41. The summed E-state index contributed by atoms with van der Waals surface area (Å²) in [7, 11) is 0. The van der Waals surface area contributed by atoms with Crippen molar-refractivity contribution in [1.82, 2.24) is 0 Å². The highest BCUT2D eigenvalue weighted by molar-refractivity contribution is 9.10. The molecule has 2 aromatic rings. The minimum atomic E-state index is -4.12. The lowest BCUT2D eigenvalue weighted by molar-refractivity contribution is -0.189. The first-order valence-corrected chi connectivity index (χ1v) is 6.85. The number of benzene rings is 2. The number of halogens is 6. The largest absolute Gasteiger partial charge is 0.432 e. The molecule has 2 rings (SSSR count). The Morgan fingerprint density at radius 1 is 0.850 bits per heavy atom. The minimum Gasteiger partial charge on any atom is -0.429 e. The number of alkyl halides is 2. The second-order valence-electron chi connectivity index (χ2n) is 3.82. The molecule has 20 heavy (non-hydrogen) atoms. The third kappa shape index (κ3) is 3.32. The smallest absolute Gasteiger partial charge is 0.429 e. The molecular formula is C13H6Br2F4O. The van der Waals surface area contributed by atoms with Gasteiger partial charge >= 0.3 is 6.11 Å². The Bertz CT molecular complexity index is 606. The third-order valence-corrected chi connectivity index (χ3v) is 3.34. The predicted molar refractivity (Wildman–Crippen MR) is 72.7 cm³/mol. The third-order valence-electron chi connectivity index (χ3n) is 2.36. The van der Waals surface area contributed by atoms with Gasteiger partial charge in [0.05, 0.1) is 0 Å². The van der Waals surface area contributed by atoms with E-state index in [0.29, 0.717) is 4.47 Å².